The number of aromatic nitrogens is 2. The molecular formula is C66H49F3N2. The Morgan fingerprint density at radius 1 is 0.282 bits per heavy atom. The molecule has 0 saturated carbocycles. The number of rotatable bonds is 7. The zero-order chi connectivity index (χ0) is 48.7. The van der Waals surface area contributed by atoms with Crippen molar-refractivity contribution in [3.63, 3.8) is 0 Å². The van der Waals surface area contributed by atoms with E-state index in [9.17, 15) is 0 Å². The van der Waals surface area contributed by atoms with E-state index < -0.39 is 11.7 Å². The van der Waals surface area contributed by atoms with Crippen LogP contribution in [0.15, 0.2) is 206 Å². The summed E-state index contributed by atoms with van der Waals surface area (Å²) in [6.07, 6.45) is -4.62. The first-order valence-corrected chi connectivity index (χ1v) is 24.1. The van der Waals surface area contributed by atoms with Gasteiger partial charge in [-0.15, -0.1) is 0 Å². The lowest BCUT2D eigenvalue weighted by Crippen LogP contribution is -2.09. The van der Waals surface area contributed by atoms with E-state index in [0.29, 0.717) is 11.3 Å². The molecule has 0 aliphatic carbocycles. The second-order valence-electron chi connectivity index (χ2n) is 19.1. The van der Waals surface area contributed by atoms with Gasteiger partial charge in [-0.05, 0) is 197 Å². The highest BCUT2D eigenvalue weighted by atomic mass is 19.4. The van der Waals surface area contributed by atoms with Gasteiger partial charge in [-0.1, -0.05) is 127 Å². The molecule has 344 valence electrons. The van der Waals surface area contributed by atoms with Gasteiger partial charge in [0.1, 0.15) is 0 Å². The Balaban J connectivity index is 1.07. The van der Waals surface area contributed by atoms with Gasteiger partial charge in [0.2, 0.25) is 0 Å². The zero-order valence-electron chi connectivity index (χ0n) is 40.2. The lowest BCUT2D eigenvalue weighted by Gasteiger charge is -2.19. The minimum Gasteiger partial charge on any atom is -0.309 e. The summed E-state index contributed by atoms with van der Waals surface area (Å²) < 4.78 is 50.9. The van der Waals surface area contributed by atoms with E-state index in [0.717, 1.165) is 99.4 Å². The van der Waals surface area contributed by atoms with Crippen LogP contribution in [0.2, 0.25) is 0 Å². The van der Waals surface area contributed by atoms with Crippen molar-refractivity contribution in [1.82, 2.24) is 9.13 Å². The second kappa shape index (κ2) is 16.9. The molecule has 2 nitrogen and oxygen atoms in total. The van der Waals surface area contributed by atoms with Gasteiger partial charge in [0.05, 0.1) is 27.6 Å². The molecule has 10 aromatic carbocycles. The standard InChI is InChI=1S/C66H49F3N2/c1-40-14-6-10-18-51(40)45-23-30-62-57(34-45)58-35-46(52-19-11-7-15-41(52)2)24-31-63(58)70(62)49-27-22-44(5)55(38-49)56-39-50(28-29-61(56)66(67,68)69)71-64-32-25-47(53-20-12-8-16-42(53)3)36-59(64)60-37-48(26-33-65(60)71)54-21-13-9-17-43(54)4/h6-39H,1-5H3. The predicted octanol–water partition coefficient (Wildman–Crippen LogP) is 18.8. The Bertz CT molecular complexity index is 3900. The Hall–Kier alpha value is -8.41. The first kappa shape index (κ1) is 43.8. The molecular weight excluding hydrogens is 878 g/mol. The topological polar surface area (TPSA) is 9.86 Å². The quantitative estimate of drug-likeness (QED) is 0.151. The van der Waals surface area contributed by atoms with E-state index in [2.05, 4.69) is 195 Å². The summed E-state index contributed by atoms with van der Waals surface area (Å²) in [5.74, 6) is 0. The fourth-order valence-electron chi connectivity index (χ4n) is 11.0. The molecule has 12 rings (SSSR count). The fraction of sp³-hybridized carbons (Fsp3) is 0.0909. The zero-order valence-corrected chi connectivity index (χ0v) is 40.2. The normalized spacial score (nSPS) is 11.9. The monoisotopic (exact) mass is 926 g/mol. The third-order valence-corrected chi connectivity index (χ3v) is 14.7. The van der Waals surface area contributed by atoms with Crippen LogP contribution in [0.5, 0.6) is 0 Å². The highest BCUT2D eigenvalue weighted by molar-refractivity contribution is 6.13. The summed E-state index contributed by atoms with van der Waals surface area (Å²) in [5, 5.41) is 4.19. The van der Waals surface area contributed by atoms with Crippen molar-refractivity contribution in [1.29, 1.82) is 0 Å². The van der Waals surface area contributed by atoms with Crippen LogP contribution in [-0.4, -0.2) is 9.13 Å². The molecule has 0 spiro atoms. The largest absolute Gasteiger partial charge is 0.417 e. The van der Waals surface area contributed by atoms with Gasteiger partial charge >= 0.3 is 6.18 Å². The highest BCUT2D eigenvalue weighted by Gasteiger charge is 2.35. The molecule has 0 atom stereocenters. The van der Waals surface area contributed by atoms with Crippen molar-refractivity contribution in [3.8, 4) is 67.0 Å². The molecule has 0 aliphatic heterocycles. The van der Waals surface area contributed by atoms with Crippen molar-refractivity contribution in [2.45, 2.75) is 40.8 Å². The van der Waals surface area contributed by atoms with Crippen LogP contribution in [0.25, 0.3) is 111 Å². The molecule has 0 fully saturated rings. The third kappa shape index (κ3) is 7.43. The molecule has 0 N–H and O–H groups in total. The van der Waals surface area contributed by atoms with Crippen molar-refractivity contribution >= 4 is 43.6 Å². The number of benzene rings is 10. The number of nitrogens with zero attached hydrogens (tertiary/aromatic N) is 2. The minimum absolute atomic E-state index is 0.127. The Morgan fingerprint density at radius 3 is 0.901 bits per heavy atom. The summed E-state index contributed by atoms with van der Waals surface area (Å²) in [6.45, 7) is 10.4. The van der Waals surface area contributed by atoms with Crippen molar-refractivity contribution in [3.05, 3.63) is 240 Å². The maximum absolute atomic E-state index is 15.5. The molecule has 2 heterocycles. The Morgan fingerprint density at radius 2 is 0.577 bits per heavy atom. The summed E-state index contributed by atoms with van der Waals surface area (Å²) >= 11 is 0. The van der Waals surface area contributed by atoms with Crippen molar-refractivity contribution in [2.75, 3.05) is 0 Å². The van der Waals surface area contributed by atoms with Crippen LogP contribution in [-0.2, 0) is 6.18 Å². The van der Waals surface area contributed by atoms with Crippen LogP contribution in [0.4, 0.5) is 13.2 Å². The minimum atomic E-state index is -4.62. The number of alkyl halides is 3. The van der Waals surface area contributed by atoms with Gasteiger partial charge in [0.25, 0.3) is 0 Å². The first-order valence-electron chi connectivity index (χ1n) is 24.1. The second-order valence-corrected chi connectivity index (χ2v) is 19.1. The van der Waals surface area contributed by atoms with Gasteiger partial charge < -0.3 is 9.13 Å². The van der Waals surface area contributed by atoms with Crippen LogP contribution in [0, 0.1) is 34.6 Å². The molecule has 2 aromatic heterocycles. The molecule has 0 amide bonds. The maximum Gasteiger partial charge on any atom is 0.417 e. The SMILES string of the molecule is Cc1ccccc1-c1ccc2c(c1)c1cc(-c3ccccc3C)ccc1n2-c1ccc(C)c(-c2cc(-n3c4ccc(-c5ccccc5C)cc4c4cc(-c5ccccc5C)ccc43)ccc2C(F)(F)F)c1. The van der Waals surface area contributed by atoms with E-state index in [1.807, 2.05) is 37.3 Å². The van der Waals surface area contributed by atoms with E-state index in [1.165, 1.54) is 28.3 Å². The molecule has 0 bridgehead atoms. The summed E-state index contributed by atoms with van der Waals surface area (Å²) in [6, 6.07) is 70.2. The number of fused-ring (bicyclic) bond motifs is 6. The van der Waals surface area contributed by atoms with E-state index in [1.54, 1.807) is 12.1 Å². The molecule has 0 radical (unpaired) electrons. The summed E-state index contributed by atoms with van der Waals surface area (Å²) in [7, 11) is 0. The number of halogens is 3. The number of hydrogen-bond donors (Lipinski definition) is 0. The molecule has 0 unspecified atom stereocenters. The molecule has 0 aliphatic rings. The highest BCUT2D eigenvalue weighted by Crippen LogP contribution is 2.45. The summed E-state index contributed by atoms with van der Waals surface area (Å²) in [4.78, 5) is 0. The molecule has 12 aromatic rings. The molecule has 71 heavy (non-hydrogen) atoms. The smallest absolute Gasteiger partial charge is 0.309 e. The maximum atomic E-state index is 15.5. The van der Waals surface area contributed by atoms with Gasteiger partial charge in [-0.25, -0.2) is 0 Å². The van der Waals surface area contributed by atoms with Crippen molar-refractivity contribution in [2.24, 2.45) is 0 Å². The van der Waals surface area contributed by atoms with Crippen LogP contribution in [0.3, 0.4) is 0 Å². The van der Waals surface area contributed by atoms with Crippen LogP contribution < -0.4 is 0 Å². The van der Waals surface area contributed by atoms with E-state index >= 15 is 13.2 Å². The number of hydrogen-bond acceptors (Lipinski definition) is 0. The number of aryl methyl sites for hydroxylation is 5. The molecule has 0 saturated heterocycles. The predicted molar refractivity (Wildman–Crippen MR) is 291 cm³/mol. The third-order valence-electron chi connectivity index (χ3n) is 14.7. The first-order chi connectivity index (χ1) is 34.4. The van der Waals surface area contributed by atoms with Crippen molar-refractivity contribution < 1.29 is 13.2 Å². The van der Waals surface area contributed by atoms with E-state index in [4.69, 9.17) is 0 Å². The van der Waals surface area contributed by atoms with Gasteiger partial charge in [-0.2, -0.15) is 13.2 Å². The Kier molecular flexibility index (Phi) is 10.4. The van der Waals surface area contributed by atoms with Gasteiger partial charge in [0.15, 0.2) is 0 Å². The van der Waals surface area contributed by atoms with Gasteiger partial charge in [-0.3, -0.25) is 0 Å². The fourth-order valence-corrected chi connectivity index (χ4v) is 11.0. The lowest BCUT2D eigenvalue weighted by molar-refractivity contribution is -0.137. The average Bonchev–Trinajstić information content (AvgIpc) is 3.88. The summed E-state index contributed by atoms with van der Waals surface area (Å²) in [5.41, 5.74) is 19.6. The van der Waals surface area contributed by atoms with E-state index in [-0.39, 0.29) is 5.56 Å². The average molecular weight is 927 g/mol. The van der Waals surface area contributed by atoms with Crippen LogP contribution >= 0.6 is 0 Å². The van der Waals surface area contributed by atoms with Crippen LogP contribution in [0.1, 0.15) is 33.4 Å². The molecule has 5 heteroatoms. The Labute approximate surface area is 411 Å². The lowest BCUT2D eigenvalue weighted by atomic mass is 9.94. The van der Waals surface area contributed by atoms with Gasteiger partial charge in [0, 0.05) is 32.9 Å².